The fraction of sp³-hybridized carbons (Fsp3) is 0.464. The van der Waals surface area contributed by atoms with Gasteiger partial charge in [-0.15, -0.1) is 0 Å². The molecule has 0 unspecified atom stereocenters. The molecular weight excluding hydrogens is 444 g/mol. The highest BCUT2D eigenvalue weighted by Gasteiger charge is 2.37. The Labute approximate surface area is 206 Å². The minimum Gasteiger partial charge on any atom is -0.481 e. The number of amides is 2. The maximum atomic E-state index is 12.7. The number of carbonyl (C=O) groups excluding carboxylic acids is 2. The van der Waals surface area contributed by atoms with Crippen LogP contribution in [0, 0.1) is 11.3 Å². The molecule has 1 saturated carbocycles. The topological polar surface area (TPSA) is 105 Å². The Hall–Kier alpha value is -3.35. The molecule has 7 nitrogen and oxygen atoms in total. The van der Waals surface area contributed by atoms with Crippen molar-refractivity contribution >= 4 is 18.0 Å². The third-order valence-electron chi connectivity index (χ3n) is 7.88. The summed E-state index contributed by atoms with van der Waals surface area (Å²) in [5, 5.41) is 15.3. The Morgan fingerprint density at radius 3 is 2.14 bits per heavy atom. The monoisotopic (exact) mass is 478 g/mol. The first-order chi connectivity index (χ1) is 16.9. The van der Waals surface area contributed by atoms with Gasteiger partial charge in [0.15, 0.2) is 0 Å². The van der Waals surface area contributed by atoms with E-state index in [1.165, 1.54) is 11.1 Å². The SMILES string of the molecule is CCC(CC)(CNC(=O)[C@H]1CC[C@@H](NC(=O)OCC2c3ccccc3-c3ccccc32)C1)C(=O)O. The number of hydrogen-bond acceptors (Lipinski definition) is 4. The molecule has 186 valence electrons. The zero-order chi connectivity index (χ0) is 25.0. The Bertz CT molecular complexity index is 1050. The average molecular weight is 479 g/mol. The van der Waals surface area contributed by atoms with Gasteiger partial charge in [0.1, 0.15) is 6.61 Å². The average Bonchev–Trinajstić information content (AvgIpc) is 3.46. The van der Waals surface area contributed by atoms with E-state index in [4.69, 9.17) is 4.74 Å². The Balaban J connectivity index is 1.27. The van der Waals surface area contributed by atoms with Crippen LogP contribution in [-0.4, -0.2) is 42.3 Å². The van der Waals surface area contributed by atoms with Crippen molar-refractivity contribution in [1.29, 1.82) is 0 Å². The van der Waals surface area contributed by atoms with E-state index in [1.807, 2.05) is 38.1 Å². The maximum Gasteiger partial charge on any atom is 0.407 e. The highest BCUT2D eigenvalue weighted by atomic mass is 16.5. The lowest BCUT2D eigenvalue weighted by Crippen LogP contribution is -2.44. The van der Waals surface area contributed by atoms with Crippen molar-refractivity contribution in [1.82, 2.24) is 10.6 Å². The Kier molecular flexibility index (Phi) is 7.43. The fourth-order valence-corrected chi connectivity index (χ4v) is 5.44. The molecule has 0 bridgehead atoms. The lowest BCUT2D eigenvalue weighted by atomic mass is 9.82. The van der Waals surface area contributed by atoms with Crippen molar-refractivity contribution in [3.8, 4) is 11.1 Å². The fourth-order valence-electron chi connectivity index (χ4n) is 5.44. The van der Waals surface area contributed by atoms with Crippen molar-refractivity contribution in [3.05, 3.63) is 59.7 Å². The second-order valence-corrected chi connectivity index (χ2v) is 9.69. The van der Waals surface area contributed by atoms with Gasteiger partial charge in [-0.1, -0.05) is 62.4 Å². The van der Waals surface area contributed by atoms with E-state index in [0.717, 1.165) is 11.1 Å². The quantitative estimate of drug-likeness (QED) is 0.485. The normalized spacial score (nSPS) is 19.0. The lowest BCUT2D eigenvalue weighted by Gasteiger charge is -2.27. The van der Waals surface area contributed by atoms with Crippen LogP contribution in [0.4, 0.5) is 4.79 Å². The summed E-state index contributed by atoms with van der Waals surface area (Å²) < 4.78 is 5.63. The van der Waals surface area contributed by atoms with Gasteiger partial charge < -0.3 is 20.5 Å². The number of nitrogens with one attached hydrogen (secondary N) is 2. The molecule has 0 radical (unpaired) electrons. The first kappa shape index (κ1) is 24.8. The van der Waals surface area contributed by atoms with Crippen LogP contribution in [0.2, 0.25) is 0 Å². The van der Waals surface area contributed by atoms with Gasteiger partial charge in [0.05, 0.1) is 5.41 Å². The molecule has 2 aliphatic rings. The van der Waals surface area contributed by atoms with Crippen LogP contribution in [0.3, 0.4) is 0 Å². The van der Waals surface area contributed by atoms with E-state index in [1.54, 1.807) is 0 Å². The molecule has 4 rings (SSSR count). The Morgan fingerprint density at radius 1 is 0.971 bits per heavy atom. The first-order valence-electron chi connectivity index (χ1n) is 12.5. The van der Waals surface area contributed by atoms with Gasteiger partial charge in [0.25, 0.3) is 0 Å². The smallest absolute Gasteiger partial charge is 0.407 e. The Morgan fingerprint density at radius 2 is 1.57 bits per heavy atom. The van der Waals surface area contributed by atoms with E-state index in [2.05, 4.69) is 34.9 Å². The van der Waals surface area contributed by atoms with Gasteiger partial charge in [-0.25, -0.2) is 4.79 Å². The molecule has 2 aromatic rings. The minimum absolute atomic E-state index is 0.00175. The lowest BCUT2D eigenvalue weighted by molar-refractivity contribution is -0.149. The minimum atomic E-state index is -0.937. The van der Waals surface area contributed by atoms with Crippen LogP contribution >= 0.6 is 0 Å². The maximum absolute atomic E-state index is 12.7. The molecule has 0 aromatic heterocycles. The van der Waals surface area contributed by atoms with Crippen LogP contribution in [-0.2, 0) is 14.3 Å². The van der Waals surface area contributed by atoms with Crippen LogP contribution in [0.25, 0.3) is 11.1 Å². The van der Waals surface area contributed by atoms with Crippen LogP contribution in [0.5, 0.6) is 0 Å². The number of benzene rings is 2. The predicted molar refractivity (Wildman–Crippen MR) is 133 cm³/mol. The molecule has 1 fully saturated rings. The number of rotatable bonds is 9. The second-order valence-electron chi connectivity index (χ2n) is 9.69. The van der Waals surface area contributed by atoms with Crippen molar-refractivity contribution in [2.45, 2.75) is 57.9 Å². The summed E-state index contributed by atoms with van der Waals surface area (Å²) in [5.41, 5.74) is 3.75. The summed E-state index contributed by atoms with van der Waals surface area (Å²) in [6.45, 7) is 4.03. The molecule has 3 N–H and O–H groups in total. The number of fused-ring (bicyclic) bond motifs is 3. The molecule has 0 heterocycles. The van der Waals surface area contributed by atoms with E-state index >= 15 is 0 Å². The molecule has 0 aliphatic heterocycles. The summed E-state index contributed by atoms with van der Waals surface area (Å²) >= 11 is 0. The molecule has 0 saturated heterocycles. The molecule has 35 heavy (non-hydrogen) atoms. The standard InChI is InChI=1S/C28H34N2O5/c1-3-28(4-2,26(32)33)17-29-25(31)18-13-14-19(15-18)30-27(34)35-16-24-22-11-7-5-9-20(22)21-10-6-8-12-23(21)24/h5-12,18-19,24H,3-4,13-17H2,1-2H3,(H,29,31)(H,30,34)(H,32,33)/t18-,19+/m0/s1. The van der Waals surface area contributed by atoms with Crippen molar-refractivity contribution in [2.24, 2.45) is 11.3 Å². The number of carbonyl (C=O) groups is 3. The molecule has 2 aromatic carbocycles. The van der Waals surface area contributed by atoms with E-state index in [-0.39, 0.29) is 36.9 Å². The number of carboxylic acid groups (broad SMARTS) is 1. The van der Waals surface area contributed by atoms with Gasteiger partial charge >= 0.3 is 12.1 Å². The molecule has 2 aliphatic carbocycles. The number of aliphatic carboxylic acids is 1. The number of hydrogen-bond donors (Lipinski definition) is 3. The molecule has 0 spiro atoms. The zero-order valence-electron chi connectivity index (χ0n) is 20.4. The number of ether oxygens (including phenoxy) is 1. The number of carboxylic acids is 1. The third kappa shape index (κ3) is 5.04. The summed E-state index contributed by atoms with van der Waals surface area (Å²) in [6, 6.07) is 16.3. The van der Waals surface area contributed by atoms with Crippen LogP contribution < -0.4 is 10.6 Å². The number of alkyl carbamates (subject to hydrolysis) is 1. The summed E-state index contributed by atoms with van der Waals surface area (Å²) in [7, 11) is 0. The first-order valence-corrected chi connectivity index (χ1v) is 12.5. The highest BCUT2D eigenvalue weighted by Crippen LogP contribution is 2.44. The molecule has 2 atom stereocenters. The van der Waals surface area contributed by atoms with Crippen LogP contribution in [0.15, 0.2) is 48.5 Å². The van der Waals surface area contributed by atoms with Gasteiger partial charge in [-0.2, -0.15) is 0 Å². The molecule has 7 heteroatoms. The molecule has 2 amide bonds. The van der Waals surface area contributed by atoms with E-state index in [9.17, 15) is 19.5 Å². The third-order valence-corrected chi connectivity index (χ3v) is 7.88. The zero-order valence-corrected chi connectivity index (χ0v) is 20.4. The van der Waals surface area contributed by atoms with E-state index in [0.29, 0.717) is 32.1 Å². The summed E-state index contributed by atoms with van der Waals surface area (Å²) in [6.07, 6.45) is 2.30. The summed E-state index contributed by atoms with van der Waals surface area (Å²) in [5.74, 6) is -1.27. The largest absolute Gasteiger partial charge is 0.481 e. The van der Waals surface area contributed by atoms with Gasteiger partial charge in [0, 0.05) is 24.4 Å². The van der Waals surface area contributed by atoms with Gasteiger partial charge in [-0.3, -0.25) is 9.59 Å². The van der Waals surface area contributed by atoms with Crippen molar-refractivity contribution in [3.63, 3.8) is 0 Å². The van der Waals surface area contributed by atoms with Crippen LogP contribution in [0.1, 0.15) is 63.0 Å². The van der Waals surface area contributed by atoms with Crippen molar-refractivity contribution in [2.75, 3.05) is 13.2 Å². The van der Waals surface area contributed by atoms with Crippen molar-refractivity contribution < 1.29 is 24.2 Å². The van der Waals surface area contributed by atoms with E-state index < -0.39 is 17.5 Å². The van der Waals surface area contributed by atoms with Gasteiger partial charge in [0.2, 0.25) is 5.91 Å². The summed E-state index contributed by atoms with van der Waals surface area (Å²) in [4.78, 5) is 36.9. The van der Waals surface area contributed by atoms with Gasteiger partial charge in [-0.05, 0) is 54.4 Å². The predicted octanol–water partition coefficient (Wildman–Crippen LogP) is 4.70. The highest BCUT2D eigenvalue weighted by molar-refractivity contribution is 5.81. The molecular formula is C28H34N2O5. The second kappa shape index (κ2) is 10.5.